The quantitative estimate of drug-likeness (QED) is 0.900. The zero-order valence-electron chi connectivity index (χ0n) is 12.1. The zero-order chi connectivity index (χ0) is 13.8. The number of nitrogens with one attached hydrogen (secondary N) is 1. The molecule has 0 aromatic heterocycles. The molecule has 3 nitrogen and oxygen atoms in total. The average Bonchev–Trinajstić information content (AvgIpc) is 2.43. The lowest BCUT2D eigenvalue weighted by Gasteiger charge is -2.31. The lowest BCUT2D eigenvalue weighted by atomic mass is 9.95. The Labute approximate surface area is 116 Å². The first-order valence-corrected chi connectivity index (χ1v) is 7.20. The van der Waals surface area contributed by atoms with Crippen molar-refractivity contribution in [2.75, 3.05) is 13.1 Å². The van der Waals surface area contributed by atoms with Gasteiger partial charge in [0.25, 0.3) is 0 Å². The summed E-state index contributed by atoms with van der Waals surface area (Å²) in [7, 11) is 0. The van der Waals surface area contributed by atoms with Crippen LogP contribution in [0.5, 0.6) is 0 Å². The predicted octanol–water partition coefficient (Wildman–Crippen LogP) is 2.21. The third kappa shape index (κ3) is 3.35. The standard InChI is InChI=1S/C16H24N2O/c1-4-18(11-12(2)3)16(19)15-9-13-7-5-6-8-14(13)10-17-15/h5-8,12,15,17H,4,9-11H2,1-3H3/t15-/m0/s1. The maximum Gasteiger partial charge on any atom is 0.240 e. The normalized spacial score (nSPS) is 18.2. The van der Waals surface area contributed by atoms with Crippen molar-refractivity contribution in [1.82, 2.24) is 10.2 Å². The summed E-state index contributed by atoms with van der Waals surface area (Å²) in [6, 6.07) is 8.31. The Morgan fingerprint density at radius 3 is 2.68 bits per heavy atom. The molecule has 1 atom stereocenters. The summed E-state index contributed by atoms with van der Waals surface area (Å²) in [6.45, 7) is 8.79. The van der Waals surface area contributed by atoms with Gasteiger partial charge in [0.2, 0.25) is 5.91 Å². The fourth-order valence-electron chi connectivity index (χ4n) is 2.67. The van der Waals surface area contributed by atoms with Crippen molar-refractivity contribution in [2.45, 2.75) is 39.8 Å². The van der Waals surface area contributed by atoms with Crippen molar-refractivity contribution >= 4 is 5.91 Å². The minimum atomic E-state index is -0.0615. The molecule has 0 saturated heterocycles. The van der Waals surface area contributed by atoms with Crippen LogP contribution in [0.2, 0.25) is 0 Å². The summed E-state index contributed by atoms with van der Waals surface area (Å²) in [5.74, 6) is 0.755. The fraction of sp³-hybridized carbons (Fsp3) is 0.562. The van der Waals surface area contributed by atoms with Gasteiger partial charge >= 0.3 is 0 Å². The van der Waals surface area contributed by atoms with Crippen LogP contribution in [0, 0.1) is 5.92 Å². The summed E-state index contributed by atoms with van der Waals surface area (Å²) < 4.78 is 0. The van der Waals surface area contributed by atoms with Crippen molar-refractivity contribution in [1.29, 1.82) is 0 Å². The van der Waals surface area contributed by atoms with Crippen LogP contribution < -0.4 is 5.32 Å². The van der Waals surface area contributed by atoms with Crippen molar-refractivity contribution < 1.29 is 4.79 Å². The highest BCUT2D eigenvalue weighted by Crippen LogP contribution is 2.17. The van der Waals surface area contributed by atoms with Crippen molar-refractivity contribution in [3.63, 3.8) is 0 Å². The van der Waals surface area contributed by atoms with Crippen molar-refractivity contribution in [3.8, 4) is 0 Å². The topological polar surface area (TPSA) is 32.3 Å². The third-order valence-corrected chi connectivity index (χ3v) is 3.66. The van der Waals surface area contributed by atoms with E-state index in [0.29, 0.717) is 5.92 Å². The van der Waals surface area contributed by atoms with Crippen LogP contribution >= 0.6 is 0 Å². The van der Waals surface area contributed by atoms with Gasteiger partial charge < -0.3 is 10.2 Å². The monoisotopic (exact) mass is 260 g/mol. The Hall–Kier alpha value is -1.35. The number of fused-ring (bicyclic) bond motifs is 1. The molecule has 0 fully saturated rings. The minimum Gasteiger partial charge on any atom is -0.341 e. The molecule has 0 saturated carbocycles. The summed E-state index contributed by atoms with van der Waals surface area (Å²) in [4.78, 5) is 14.5. The second kappa shape index (κ2) is 6.20. The lowest BCUT2D eigenvalue weighted by Crippen LogP contribution is -2.50. The second-order valence-electron chi connectivity index (χ2n) is 5.68. The van der Waals surface area contributed by atoms with E-state index in [-0.39, 0.29) is 11.9 Å². The van der Waals surface area contributed by atoms with Crippen LogP contribution in [-0.4, -0.2) is 29.9 Å². The Kier molecular flexibility index (Phi) is 4.59. The van der Waals surface area contributed by atoms with Gasteiger partial charge in [0, 0.05) is 19.6 Å². The van der Waals surface area contributed by atoms with Gasteiger partial charge in [-0.15, -0.1) is 0 Å². The van der Waals surface area contributed by atoms with Crippen LogP contribution in [0.4, 0.5) is 0 Å². The number of hydrogen-bond acceptors (Lipinski definition) is 2. The van der Waals surface area contributed by atoms with E-state index in [1.54, 1.807) is 0 Å². The smallest absolute Gasteiger partial charge is 0.240 e. The molecular formula is C16H24N2O. The van der Waals surface area contributed by atoms with E-state index in [9.17, 15) is 4.79 Å². The number of carbonyl (C=O) groups excluding carboxylic acids is 1. The molecule has 3 heteroatoms. The molecule has 0 spiro atoms. The minimum absolute atomic E-state index is 0.0615. The molecule has 19 heavy (non-hydrogen) atoms. The zero-order valence-corrected chi connectivity index (χ0v) is 12.1. The molecule has 0 bridgehead atoms. The van der Waals surface area contributed by atoms with Gasteiger partial charge in [-0.3, -0.25) is 4.79 Å². The third-order valence-electron chi connectivity index (χ3n) is 3.66. The number of likely N-dealkylation sites (N-methyl/N-ethyl adjacent to an activating group) is 1. The van der Waals surface area contributed by atoms with Crippen molar-refractivity contribution in [2.24, 2.45) is 5.92 Å². The van der Waals surface area contributed by atoms with Gasteiger partial charge in [0.05, 0.1) is 6.04 Å². The summed E-state index contributed by atoms with van der Waals surface area (Å²) in [6.07, 6.45) is 0.809. The molecule has 0 aliphatic carbocycles. The average molecular weight is 260 g/mol. The summed E-state index contributed by atoms with van der Waals surface area (Å²) >= 11 is 0. The van der Waals surface area contributed by atoms with Gasteiger partial charge in [-0.25, -0.2) is 0 Å². The van der Waals surface area contributed by atoms with Crippen LogP contribution in [0.3, 0.4) is 0 Å². The lowest BCUT2D eigenvalue weighted by molar-refractivity contribution is -0.134. The van der Waals surface area contributed by atoms with E-state index in [1.807, 2.05) is 4.90 Å². The van der Waals surface area contributed by atoms with Gasteiger partial charge in [-0.1, -0.05) is 38.1 Å². The Morgan fingerprint density at radius 2 is 2.05 bits per heavy atom. The van der Waals surface area contributed by atoms with Crippen LogP contribution in [0.25, 0.3) is 0 Å². The number of rotatable bonds is 4. The largest absolute Gasteiger partial charge is 0.341 e. The Bertz CT molecular complexity index is 442. The van der Waals surface area contributed by atoms with E-state index in [4.69, 9.17) is 0 Å². The molecule has 1 N–H and O–H groups in total. The highest BCUT2D eigenvalue weighted by molar-refractivity contribution is 5.82. The molecular weight excluding hydrogens is 236 g/mol. The molecule has 2 rings (SSSR count). The van der Waals surface area contributed by atoms with Gasteiger partial charge in [0.15, 0.2) is 0 Å². The fourth-order valence-corrected chi connectivity index (χ4v) is 2.67. The highest BCUT2D eigenvalue weighted by atomic mass is 16.2. The Balaban J connectivity index is 2.05. The first kappa shape index (κ1) is 14.1. The molecule has 104 valence electrons. The van der Waals surface area contributed by atoms with Gasteiger partial charge in [-0.2, -0.15) is 0 Å². The molecule has 0 unspecified atom stereocenters. The van der Waals surface area contributed by atoms with Crippen LogP contribution in [-0.2, 0) is 17.8 Å². The maximum absolute atomic E-state index is 12.5. The molecule has 1 aliphatic heterocycles. The molecule has 0 radical (unpaired) electrons. The van der Waals surface area contributed by atoms with Crippen molar-refractivity contribution in [3.05, 3.63) is 35.4 Å². The van der Waals surface area contributed by atoms with Crippen LogP contribution in [0.15, 0.2) is 24.3 Å². The van der Waals surface area contributed by atoms with Crippen LogP contribution in [0.1, 0.15) is 31.9 Å². The maximum atomic E-state index is 12.5. The van der Waals surface area contributed by atoms with E-state index in [2.05, 4.69) is 50.4 Å². The molecule has 1 aromatic carbocycles. The Morgan fingerprint density at radius 1 is 1.37 bits per heavy atom. The first-order chi connectivity index (χ1) is 9.11. The molecule has 1 aromatic rings. The molecule has 1 amide bonds. The highest BCUT2D eigenvalue weighted by Gasteiger charge is 2.27. The van der Waals surface area contributed by atoms with E-state index >= 15 is 0 Å². The second-order valence-corrected chi connectivity index (χ2v) is 5.68. The first-order valence-electron chi connectivity index (χ1n) is 7.20. The van der Waals surface area contributed by atoms with E-state index in [0.717, 1.165) is 26.1 Å². The number of hydrogen-bond donors (Lipinski definition) is 1. The van der Waals surface area contributed by atoms with Gasteiger partial charge in [0.1, 0.15) is 0 Å². The summed E-state index contributed by atoms with van der Waals surface area (Å²) in [5.41, 5.74) is 2.62. The predicted molar refractivity (Wildman–Crippen MR) is 77.9 cm³/mol. The number of amides is 1. The van der Waals surface area contributed by atoms with Gasteiger partial charge in [-0.05, 0) is 30.4 Å². The summed E-state index contributed by atoms with van der Waals surface area (Å²) in [5, 5.41) is 3.37. The number of nitrogens with zero attached hydrogens (tertiary/aromatic N) is 1. The number of benzene rings is 1. The van der Waals surface area contributed by atoms with E-state index < -0.39 is 0 Å². The van der Waals surface area contributed by atoms with E-state index in [1.165, 1.54) is 11.1 Å². The number of carbonyl (C=O) groups is 1. The molecule has 1 heterocycles. The molecule has 1 aliphatic rings. The SMILES string of the molecule is CCN(CC(C)C)C(=O)[C@@H]1Cc2ccccc2CN1.